The number of hydrogen-bond donors (Lipinski definition) is 1. The molecule has 2 aliphatic heterocycles. The number of hydrogen-bond acceptors (Lipinski definition) is 7. The lowest BCUT2D eigenvalue weighted by Crippen LogP contribution is -2.54. The van der Waals surface area contributed by atoms with E-state index in [9.17, 15) is 14.0 Å². The number of fused-ring (bicyclic) bond motifs is 1. The van der Waals surface area contributed by atoms with E-state index < -0.39 is 12.1 Å². The summed E-state index contributed by atoms with van der Waals surface area (Å²) in [4.78, 5) is 33.3. The minimum Gasteiger partial charge on any atom is -0.496 e. The average Bonchev–Trinajstić information content (AvgIpc) is 3.91. The van der Waals surface area contributed by atoms with Crippen LogP contribution in [0.15, 0.2) is 53.1 Å². The maximum absolute atomic E-state index is 13.7. The fraction of sp³-hybridized carbons (Fsp3) is 0.535. The van der Waals surface area contributed by atoms with E-state index in [1.165, 1.54) is 16.7 Å². The normalized spacial score (nSPS) is 19.1. The van der Waals surface area contributed by atoms with Gasteiger partial charge in [-0.25, -0.2) is 0 Å². The van der Waals surface area contributed by atoms with E-state index in [4.69, 9.17) is 15.2 Å². The summed E-state index contributed by atoms with van der Waals surface area (Å²) in [5.41, 5.74) is 14.2. The van der Waals surface area contributed by atoms with Crippen LogP contribution in [-0.4, -0.2) is 77.8 Å². The Morgan fingerprint density at radius 3 is 2.32 bits per heavy atom. The summed E-state index contributed by atoms with van der Waals surface area (Å²) in [7, 11) is 5.20. The molecule has 10 heteroatoms. The highest BCUT2D eigenvalue weighted by atomic mass is 19.1. The lowest BCUT2D eigenvalue weighted by Gasteiger charge is -2.43. The fourth-order valence-corrected chi connectivity index (χ4v) is 8.53. The van der Waals surface area contributed by atoms with Crippen molar-refractivity contribution in [3.63, 3.8) is 0 Å². The number of carbonyl (C=O) groups is 1. The van der Waals surface area contributed by atoms with Gasteiger partial charge < -0.3 is 24.7 Å². The van der Waals surface area contributed by atoms with Gasteiger partial charge in [0.1, 0.15) is 11.5 Å². The molecule has 2 N–H and O–H groups in total. The standard InChI is InChI=1S/C43H58FN5O4/c1-27(2)39-33-18-30(10-11-31(33)12-15-49(39)41(51)36(45)21-42(5,6)25-44)22-48-17-16-47(26-43(48)13-14-43)24-35-37(52-8)19-32(20-38(35)53-9)34-23-46(7)40(50)29(4)28(34)3/h10-11,18-21,23,27,39H,12-17,22,24-26,45H2,1-9H3/b36-21-/t39-/m0/s1. The number of allylic oxidation sites excluding steroid dienone is 1. The lowest BCUT2D eigenvalue weighted by molar-refractivity contribution is -0.131. The minimum absolute atomic E-state index is 0.00906. The third kappa shape index (κ3) is 7.63. The van der Waals surface area contributed by atoms with Gasteiger partial charge in [0, 0.05) is 74.6 Å². The second-order valence-electron chi connectivity index (χ2n) is 16.6. The molecule has 3 aliphatic rings. The van der Waals surface area contributed by atoms with Crippen LogP contribution in [0, 0.1) is 25.2 Å². The molecule has 1 saturated heterocycles. The van der Waals surface area contributed by atoms with Crippen LogP contribution in [0.25, 0.3) is 11.1 Å². The van der Waals surface area contributed by atoms with Gasteiger partial charge in [-0.3, -0.25) is 23.8 Å². The van der Waals surface area contributed by atoms with Gasteiger partial charge in [-0.1, -0.05) is 45.9 Å². The number of rotatable bonds is 11. The van der Waals surface area contributed by atoms with Crippen molar-refractivity contribution in [1.29, 1.82) is 0 Å². The van der Waals surface area contributed by atoms with E-state index in [0.717, 1.165) is 84.8 Å². The molecule has 286 valence electrons. The highest BCUT2D eigenvalue weighted by Gasteiger charge is 2.51. The van der Waals surface area contributed by atoms with Gasteiger partial charge in [0.25, 0.3) is 11.5 Å². The molecule has 1 atom stereocenters. The number of piperazine rings is 1. The smallest absolute Gasteiger partial charge is 0.269 e. The molecule has 1 saturated carbocycles. The zero-order valence-corrected chi connectivity index (χ0v) is 33.1. The summed E-state index contributed by atoms with van der Waals surface area (Å²) >= 11 is 0. The van der Waals surface area contributed by atoms with Crippen molar-refractivity contribution in [2.24, 2.45) is 24.1 Å². The summed E-state index contributed by atoms with van der Waals surface area (Å²) in [6.45, 7) is 16.1. The van der Waals surface area contributed by atoms with Crippen molar-refractivity contribution in [2.75, 3.05) is 47.1 Å². The summed E-state index contributed by atoms with van der Waals surface area (Å²) < 4.78 is 27.2. The van der Waals surface area contributed by atoms with Crippen LogP contribution in [0.2, 0.25) is 0 Å². The van der Waals surface area contributed by atoms with Crippen LogP contribution < -0.4 is 20.8 Å². The van der Waals surface area contributed by atoms with Crippen molar-refractivity contribution in [2.45, 2.75) is 85.5 Å². The van der Waals surface area contributed by atoms with Crippen LogP contribution in [-0.2, 0) is 31.4 Å². The molecule has 1 spiro atoms. The van der Waals surface area contributed by atoms with Gasteiger partial charge >= 0.3 is 0 Å². The maximum atomic E-state index is 13.7. The second-order valence-corrected chi connectivity index (χ2v) is 16.6. The molecule has 9 nitrogen and oxygen atoms in total. The Morgan fingerprint density at radius 2 is 1.72 bits per heavy atom. The minimum atomic E-state index is -0.788. The molecule has 2 aromatic carbocycles. The van der Waals surface area contributed by atoms with Crippen LogP contribution >= 0.6 is 0 Å². The van der Waals surface area contributed by atoms with Gasteiger partial charge in [-0.2, -0.15) is 0 Å². The van der Waals surface area contributed by atoms with E-state index in [1.54, 1.807) is 45.8 Å². The number of halogens is 1. The monoisotopic (exact) mass is 727 g/mol. The fourth-order valence-electron chi connectivity index (χ4n) is 8.53. The zero-order valence-electron chi connectivity index (χ0n) is 33.1. The third-order valence-electron chi connectivity index (χ3n) is 11.8. The molecule has 3 aromatic rings. The van der Waals surface area contributed by atoms with E-state index >= 15 is 0 Å². The average molecular weight is 728 g/mol. The number of aromatic nitrogens is 1. The van der Waals surface area contributed by atoms with Crippen molar-refractivity contribution in [3.8, 4) is 22.6 Å². The molecule has 2 fully saturated rings. The van der Waals surface area contributed by atoms with Gasteiger partial charge in [-0.05, 0) is 85.1 Å². The Kier molecular flexibility index (Phi) is 10.9. The van der Waals surface area contributed by atoms with E-state index in [1.807, 2.05) is 24.9 Å². The van der Waals surface area contributed by atoms with E-state index in [0.29, 0.717) is 13.1 Å². The first-order valence-corrected chi connectivity index (χ1v) is 19.0. The molecule has 53 heavy (non-hydrogen) atoms. The Labute approximate surface area is 314 Å². The first-order chi connectivity index (χ1) is 25.1. The topological polar surface area (TPSA) is 93.3 Å². The zero-order chi connectivity index (χ0) is 38.4. The number of carbonyl (C=O) groups excluding carboxylic acids is 1. The Morgan fingerprint density at radius 1 is 1.04 bits per heavy atom. The molecule has 6 rings (SSSR count). The molecule has 1 aliphatic carbocycles. The number of ether oxygens (including phenoxy) is 2. The predicted molar refractivity (Wildman–Crippen MR) is 209 cm³/mol. The summed E-state index contributed by atoms with van der Waals surface area (Å²) in [5, 5.41) is 0. The Hall–Kier alpha value is -4.15. The molecular weight excluding hydrogens is 670 g/mol. The van der Waals surface area contributed by atoms with Gasteiger partial charge in [0.15, 0.2) is 0 Å². The number of alkyl halides is 1. The second kappa shape index (κ2) is 14.9. The summed E-state index contributed by atoms with van der Waals surface area (Å²) in [6, 6.07) is 10.9. The Balaban J connectivity index is 1.19. The van der Waals surface area contributed by atoms with Crippen LogP contribution in [0.5, 0.6) is 11.5 Å². The largest absolute Gasteiger partial charge is 0.496 e. The van der Waals surface area contributed by atoms with Gasteiger partial charge in [0.05, 0.1) is 38.2 Å². The molecular formula is C43H58FN5O4. The molecule has 0 radical (unpaired) electrons. The van der Waals surface area contributed by atoms with Gasteiger partial charge in [0.2, 0.25) is 0 Å². The van der Waals surface area contributed by atoms with Crippen molar-refractivity contribution in [3.05, 3.63) is 92.0 Å². The van der Waals surface area contributed by atoms with Crippen molar-refractivity contribution >= 4 is 5.91 Å². The quantitative estimate of drug-likeness (QED) is 0.227. The predicted octanol–water partition coefficient (Wildman–Crippen LogP) is 6.46. The number of pyridine rings is 1. The lowest BCUT2D eigenvalue weighted by atomic mass is 9.84. The first-order valence-electron chi connectivity index (χ1n) is 19.0. The van der Waals surface area contributed by atoms with Crippen molar-refractivity contribution in [1.82, 2.24) is 19.3 Å². The number of benzene rings is 2. The molecule has 1 aromatic heterocycles. The Bertz CT molecular complexity index is 1940. The van der Waals surface area contributed by atoms with Gasteiger partial charge in [-0.15, -0.1) is 0 Å². The number of nitrogens with two attached hydrogens (primary N) is 1. The van der Waals surface area contributed by atoms with Crippen LogP contribution in [0.4, 0.5) is 4.39 Å². The highest BCUT2D eigenvalue weighted by Crippen LogP contribution is 2.47. The number of methoxy groups -OCH3 is 2. The SMILES string of the molecule is COc1cc(-c2cn(C)c(=O)c(C)c2C)cc(OC)c1CN1CCN(Cc2ccc3c(c2)[C@H](C(C)C)N(C(=O)/C(N)=C/C(C)(C)CF)CC3)C2(CC2)C1. The molecule has 3 heterocycles. The number of nitrogens with zero attached hydrogens (tertiary/aromatic N) is 4. The summed E-state index contributed by atoms with van der Waals surface area (Å²) in [6.07, 6.45) is 6.55. The number of amides is 1. The maximum Gasteiger partial charge on any atom is 0.269 e. The van der Waals surface area contributed by atoms with E-state index in [-0.39, 0.29) is 34.7 Å². The van der Waals surface area contributed by atoms with Crippen LogP contribution in [0.1, 0.15) is 80.0 Å². The molecule has 0 bridgehead atoms. The first kappa shape index (κ1) is 38.6. The third-order valence-corrected chi connectivity index (χ3v) is 11.8. The molecule has 0 unspecified atom stereocenters. The summed E-state index contributed by atoms with van der Waals surface area (Å²) in [5.74, 6) is 1.53. The molecule has 1 amide bonds. The number of aryl methyl sites for hydroxylation is 1. The van der Waals surface area contributed by atoms with Crippen LogP contribution in [0.3, 0.4) is 0 Å². The highest BCUT2D eigenvalue weighted by molar-refractivity contribution is 5.93. The van der Waals surface area contributed by atoms with E-state index in [2.05, 4.69) is 54.0 Å². The van der Waals surface area contributed by atoms with Crippen molar-refractivity contribution < 1.29 is 18.7 Å².